The summed E-state index contributed by atoms with van der Waals surface area (Å²) < 4.78 is 0.829. The maximum atomic E-state index is 12.0. The summed E-state index contributed by atoms with van der Waals surface area (Å²) in [6.45, 7) is -0.0525. The third-order valence-electron chi connectivity index (χ3n) is 2.81. The third kappa shape index (κ3) is 2.43. The number of imide groups is 1. The highest BCUT2D eigenvalue weighted by Crippen LogP contribution is 2.21. The van der Waals surface area contributed by atoms with Crippen molar-refractivity contribution in [3.8, 4) is 0 Å². The highest BCUT2D eigenvalue weighted by atomic mass is 79.9. The minimum absolute atomic E-state index is 0.0525. The van der Waals surface area contributed by atoms with Crippen molar-refractivity contribution in [1.29, 1.82) is 0 Å². The van der Waals surface area contributed by atoms with Crippen LogP contribution in [0.25, 0.3) is 0 Å². The van der Waals surface area contributed by atoms with E-state index in [1.807, 2.05) is 0 Å². The van der Waals surface area contributed by atoms with Crippen LogP contribution < -0.4 is 0 Å². The van der Waals surface area contributed by atoms with E-state index < -0.39 is 23.7 Å². The normalized spacial score (nSPS) is 19.1. The van der Waals surface area contributed by atoms with Gasteiger partial charge in [-0.2, -0.15) is 0 Å². The molecular weight excluding hydrogens is 302 g/mol. The Labute approximate surface area is 112 Å². The number of amides is 2. The van der Waals surface area contributed by atoms with Crippen molar-refractivity contribution in [1.82, 2.24) is 4.90 Å². The first-order valence-electron chi connectivity index (χ1n) is 5.32. The second-order valence-corrected chi connectivity index (χ2v) is 4.97. The average molecular weight is 312 g/mol. The van der Waals surface area contributed by atoms with Crippen LogP contribution in [0.5, 0.6) is 0 Å². The smallest absolute Gasteiger partial charge is 0.308 e. The molecule has 1 N–H and O–H groups in total. The molecule has 18 heavy (non-hydrogen) atoms. The van der Waals surface area contributed by atoms with Crippen molar-refractivity contribution >= 4 is 33.7 Å². The first-order chi connectivity index (χ1) is 8.49. The summed E-state index contributed by atoms with van der Waals surface area (Å²) in [4.78, 5) is 35.4. The van der Waals surface area contributed by atoms with Crippen LogP contribution in [0, 0.1) is 5.92 Å². The maximum Gasteiger partial charge on any atom is 0.308 e. The number of nitrogens with zero attached hydrogens (tertiary/aromatic N) is 1. The standard InChI is InChI=1S/C12H10BrNO4/c13-9-3-1-7(2-4-9)11(16)14-6-8(12(17)18)5-10(14)15/h1-4,8H,5-6H2,(H,17,18). The summed E-state index contributed by atoms with van der Waals surface area (Å²) in [6.07, 6.45) is -0.113. The molecular formula is C12H10BrNO4. The molecule has 1 atom stereocenters. The van der Waals surface area contributed by atoms with E-state index in [4.69, 9.17) is 5.11 Å². The van der Waals surface area contributed by atoms with Crippen LogP contribution in [0.2, 0.25) is 0 Å². The highest BCUT2D eigenvalue weighted by molar-refractivity contribution is 9.10. The zero-order chi connectivity index (χ0) is 13.3. The van der Waals surface area contributed by atoms with E-state index in [1.165, 1.54) is 0 Å². The Morgan fingerprint density at radius 1 is 1.28 bits per heavy atom. The summed E-state index contributed by atoms with van der Waals surface area (Å²) in [6, 6.07) is 6.58. The molecule has 1 heterocycles. The fraction of sp³-hybridized carbons (Fsp3) is 0.250. The van der Waals surface area contributed by atoms with Crippen LogP contribution in [-0.2, 0) is 9.59 Å². The summed E-state index contributed by atoms with van der Waals surface area (Å²) in [7, 11) is 0. The number of aliphatic carboxylic acids is 1. The number of halogens is 1. The van der Waals surface area contributed by atoms with E-state index in [-0.39, 0.29) is 13.0 Å². The highest BCUT2D eigenvalue weighted by Gasteiger charge is 2.37. The van der Waals surface area contributed by atoms with Crippen molar-refractivity contribution in [2.24, 2.45) is 5.92 Å². The Morgan fingerprint density at radius 3 is 2.39 bits per heavy atom. The van der Waals surface area contributed by atoms with Crippen LogP contribution in [0.15, 0.2) is 28.7 Å². The van der Waals surface area contributed by atoms with E-state index in [0.29, 0.717) is 5.56 Å². The molecule has 5 nitrogen and oxygen atoms in total. The lowest BCUT2D eigenvalue weighted by atomic mass is 10.1. The number of carbonyl (C=O) groups excluding carboxylic acids is 2. The van der Waals surface area contributed by atoms with Crippen LogP contribution >= 0.6 is 15.9 Å². The maximum absolute atomic E-state index is 12.0. The van der Waals surface area contributed by atoms with Crippen LogP contribution in [0.3, 0.4) is 0 Å². The number of carboxylic acid groups (broad SMARTS) is 1. The van der Waals surface area contributed by atoms with Crippen molar-refractivity contribution in [3.05, 3.63) is 34.3 Å². The first kappa shape index (κ1) is 12.8. The fourth-order valence-electron chi connectivity index (χ4n) is 1.82. The first-order valence-corrected chi connectivity index (χ1v) is 6.11. The number of rotatable bonds is 2. The van der Waals surface area contributed by atoms with Gasteiger partial charge in [-0.3, -0.25) is 19.3 Å². The van der Waals surface area contributed by atoms with Gasteiger partial charge in [0.15, 0.2) is 0 Å². The average Bonchev–Trinajstić information content (AvgIpc) is 2.71. The van der Waals surface area contributed by atoms with Gasteiger partial charge in [0.1, 0.15) is 0 Å². The Balaban J connectivity index is 2.17. The molecule has 0 bridgehead atoms. The molecule has 1 aromatic carbocycles. The Morgan fingerprint density at radius 2 is 1.89 bits per heavy atom. The second kappa shape index (κ2) is 4.89. The van der Waals surface area contributed by atoms with Gasteiger partial charge in [-0.1, -0.05) is 15.9 Å². The molecule has 0 spiro atoms. The van der Waals surface area contributed by atoms with E-state index in [0.717, 1.165) is 9.37 Å². The summed E-state index contributed by atoms with van der Waals surface area (Å²) in [5.74, 6) is -2.72. The molecule has 0 saturated carbocycles. The molecule has 1 saturated heterocycles. The van der Waals surface area contributed by atoms with Crippen LogP contribution in [0.4, 0.5) is 0 Å². The van der Waals surface area contributed by atoms with Crippen LogP contribution in [0.1, 0.15) is 16.8 Å². The molecule has 0 aliphatic carbocycles. The number of hydrogen-bond acceptors (Lipinski definition) is 3. The van der Waals surface area contributed by atoms with Gasteiger partial charge in [0.05, 0.1) is 5.92 Å². The van der Waals surface area contributed by atoms with Crippen molar-refractivity contribution in [3.63, 3.8) is 0 Å². The SMILES string of the molecule is O=C(O)C1CC(=O)N(C(=O)c2ccc(Br)cc2)C1. The van der Waals surface area contributed by atoms with Gasteiger partial charge in [0.2, 0.25) is 5.91 Å². The molecule has 2 amide bonds. The third-order valence-corrected chi connectivity index (χ3v) is 3.34. The largest absolute Gasteiger partial charge is 0.481 e. The molecule has 1 unspecified atom stereocenters. The Bertz CT molecular complexity index is 511. The van der Waals surface area contributed by atoms with Gasteiger partial charge < -0.3 is 5.11 Å². The number of carboxylic acids is 1. The number of carbonyl (C=O) groups is 3. The topological polar surface area (TPSA) is 74.7 Å². The predicted octanol–water partition coefficient (Wildman–Crippen LogP) is 1.52. The van der Waals surface area contributed by atoms with E-state index in [2.05, 4.69) is 15.9 Å². The van der Waals surface area contributed by atoms with Crippen molar-refractivity contribution < 1.29 is 19.5 Å². The zero-order valence-electron chi connectivity index (χ0n) is 9.30. The summed E-state index contributed by atoms with van der Waals surface area (Å²) in [5, 5.41) is 8.84. The summed E-state index contributed by atoms with van der Waals surface area (Å²) in [5.41, 5.74) is 0.373. The van der Waals surface area contributed by atoms with Gasteiger partial charge in [-0.05, 0) is 24.3 Å². The monoisotopic (exact) mass is 311 g/mol. The molecule has 1 fully saturated rings. The summed E-state index contributed by atoms with van der Waals surface area (Å²) >= 11 is 3.25. The fourth-order valence-corrected chi connectivity index (χ4v) is 2.08. The van der Waals surface area contributed by atoms with Gasteiger partial charge in [-0.25, -0.2) is 0 Å². The van der Waals surface area contributed by atoms with Gasteiger partial charge in [-0.15, -0.1) is 0 Å². The van der Waals surface area contributed by atoms with Gasteiger partial charge >= 0.3 is 5.97 Å². The Kier molecular flexibility index (Phi) is 3.47. The molecule has 94 valence electrons. The van der Waals surface area contributed by atoms with E-state index >= 15 is 0 Å². The minimum Gasteiger partial charge on any atom is -0.481 e. The van der Waals surface area contributed by atoms with Gasteiger partial charge in [0.25, 0.3) is 5.91 Å². The molecule has 1 aliphatic heterocycles. The lowest BCUT2D eigenvalue weighted by Crippen LogP contribution is -2.33. The Hall–Kier alpha value is -1.69. The van der Waals surface area contributed by atoms with Gasteiger partial charge in [0, 0.05) is 23.0 Å². The second-order valence-electron chi connectivity index (χ2n) is 4.06. The molecule has 1 aromatic rings. The number of likely N-dealkylation sites (tertiary alicyclic amines) is 1. The minimum atomic E-state index is -1.05. The quantitative estimate of drug-likeness (QED) is 0.840. The van der Waals surface area contributed by atoms with Crippen LogP contribution in [-0.4, -0.2) is 34.3 Å². The molecule has 1 aliphatic rings. The molecule has 0 aromatic heterocycles. The predicted molar refractivity (Wildman–Crippen MR) is 65.9 cm³/mol. The number of hydrogen-bond donors (Lipinski definition) is 1. The zero-order valence-corrected chi connectivity index (χ0v) is 10.9. The van der Waals surface area contributed by atoms with Crippen molar-refractivity contribution in [2.45, 2.75) is 6.42 Å². The molecule has 2 rings (SSSR count). The molecule has 6 heteroatoms. The van der Waals surface area contributed by atoms with E-state index in [1.54, 1.807) is 24.3 Å². The van der Waals surface area contributed by atoms with Crippen molar-refractivity contribution in [2.75, 3.05) is 6.54 Å². The lowest BCUT2D eigenvalue weighted by Gasteiger charge is -2.13. The molecule has 0 radical (unpaired) electrons. The lowest BCUT2D eigenvalue weighted by molar-refractivity contribution is -0.141. The number of benzene rings is 1. The van der Waals surface area contributed by atoms with E-state index in [9.17, 15) is 14.4 Å².